The topological polar surface area (TPSA) is 78.5 Å². The molecule has 0 bridgehead atoms. The maximum atomic E-state index is 12.7. The number of carbonyl (C=O) groups is 1. The Labute approximate surface area is 142 Å². The van der Waals surface area contributed by atoms with Crippen LogP contribution in [0.1, 0.15) is 20.3 Å². The summed E-state index contributed by atoms with van der Waals surface area (Å²) in [5.74, 6) is 0.156. The molecule has 8 heteroatoms. The van der Waals surface area contributed by atoms with Crippen molar-refractivity contribution in [2.24, 2.45) is 0 Å². The third-order valence-electron chi connectivity index (χ3n) is 3.74. The van der Waals surface area contributed by atoms with Crippen LogP contribution in [0, 0.1) is 0 Å². The van der Waals surface area contributed by atoms with Crippen molar-refractivity contribution in [1.29, 1.82) is 0 Å². The average Bonchev–Trinajstić information content (AvgIpc) is 3.01. The summed E-state index contributed by atoms with van der Waals surface area (Å²) in [7, 11) is 1.36. The zero-order valence-corrected chi connectivity index (χ0v) is 14.5. The van der Waals surface area contributed by atoms with Gasteiger partial charge in [-0.15, -0.1) is 10.2 Å². The summed E-state index contributed by atoms with van der Waals surface area (Å²) in [6.07, 6.45) is 0.807. The largest absolute Gasteiger partial charge is 0.468 e. The summed E-state index contributed by atoms with van der Waals surface area (Å²) in [5.41, 5.74) is 0.652. The van der Waals surface area contributed by atoms with Crippen molar-refractivity contribution >= 4 is 34.4 Å². The minimum Gasteiger partial charge on any atom is -0.468 e. The number of aromatic nitrogens is 4. The molecule has 1 aromatic carbocycles. The third-order valence-corrected chi connectivity index (χ3v) is 4.76. The van der Waals surface area contributed by atoms with Crippen molar-refractivity contribution < 1.29 is 9.53 Å². The summed E-state index contributed by atoms with van der Waals surface area (Å²) >= 11 is 1.26. The second kappa shape index (κ2) is 6.64. The monoisotopic (exact) mass is 346 g/mol. The summed E-state index contributed by atoms with van der Waals surface area (Å²) < 4.78 is 8.23. The Morgan fingerprint density at radius 3 is 2.79 bits per heavy atom. The number of rotatable bonds is 5. The smallest absolute Gasteiger partial charge is 0.318 e. The van der Waals surface area contributed by atoms with Crippen LogP contribution in [-0.2, 0) is 16.1 Å². The van der Waals surface area contributed by atoms with E-state index in [2.05, 4.69) is 10.2 Å². The van der Waals surface area contributed by atoms with Gasteiger partial charge < -0.3 is 4.74 Å². The highest BCUT2D eigenvalue weighted by molar-refractivity contribution is 8.00. The van der Waals surface area contributed by atoms with Crippen molar-refractivity contribution in [1.82, 2.24) is 19.2 Å². The number of methoxy groups -OCH3 is 1. The zero-order valence-electron chi connectivity index (χ0n) is 13.7. The summed E-state index contributed by atoms with van der Waals surface area (Å²) in [6.45, 7) is 4.31. The molecule has 2 aromatic heterocycles. The van der Waals surface area contributed by atoms with Gasteiger partial charge in [0.05, 0.1) is 18.0 Å². The van der Waals surface area contributed by atoms with Crippen LogP contribution in [0.25, 0.3) is 16.7 Å². The molecule has 3 aromatic rings. The van der Waals surface area contributed by atoms with Gasteiger partial charge in [-0.25, -0.2) is 0 Å². The quantitative estimate of drug-likeness (QED) is 0.520. The van der Waals surface area contributed by atoms with Crippen molar-refractivity contribution in [3.05, 3.63) is 34.6 Å². The number of carbonyl (C=O) groups excluding carboxylic acids is 1. The highest BCUT2D eigenvalue weighted by atomic mass is 32.2. The Balaban J connectivity index is 2.27. The SMILES string of the molecule is CCCn1c(=O)c2ccccc2n2c(S[C@@H](C)C(=O)OC)nnc12. The fourth-order valence-electron chi connectivity index (χ4n) is 2.61. The number of fused-ring (bicyclic) bond motifs is 3. The van der Waals surface area contributed by atoms with E-state index in [9.17, 15) is 9.59 Å². The molecule has 2 heterocycles. The van der Waals surface area contributed by atoms with E-state index in [-0.39, 0.29) is 11.5 Å². The number of ether oxygens (including phenoxy) is 1. The van der Waals surface area contributed by atoms with Gasteiger partial charge in [-0.3, -0.25) is 18.6 Å². The predicted molar refractivity (Wildman–Crippen MR) is 92.4 cm³/mol. The van der Waals surface area contributed by atoms with Gasteiger partial charge in [-0.05, 0) is 25.5 Å². The number of thioether (sulfide) groups is 1. The Kier molecular flexibility index (Phi) is 4.57. The van der Waals surface area contributed by atoms with Crippen molar-refractivity contribution in [3.8, 4) is 0 Å². The van der Waals surface area contributed by atoms with Gasteiger partial charge in [0.25, 0.3) is 5.56 Å². The lowest BCUT2D eigenvalue weighted by Crippen LogP contribution is -2.23. The van der Waals surface area contributed by atoms with Crippen LogP contribution in [0.4, 0.5) is 0 Å². The first-order chi connectivity index (χ1) is 11.6. The second-order valence-electron chi connectivity index (χ2n) is 5.38. The first-order valence-corrected chi connectivity index (χ1v) is 8.57. The van der Waals surface area contributed by atoms with Gasteiger partial charge in [-0.2, -0.15) is 0 Å². The Bertz CT molecular complexity index is 963. The van der Waals surface area contributed by atoms with E-state index < -0.39 is 5.25 Å². The Hall–Kier alpha value is -2.35. The number of benzene rings is 1. The molecular weight excluding hydrogens is 328 g/mol. The van der Waals surface area contributed by atoms with Gasteiger partial charge in [0.1, 0.15) is 5.25 Å². The molecule has 1 atom stereocenters. The number of esters is 1. The first-order valence-electron chi connectivity index (χ1n) is 7.69. The second-order valence-corrected chi connectivity index (χ2v) is 6.68. The van der Waals surface area contributed by atoms with E-state index in [1.165, 1.54) is 18.9 Å². The van der Waals surface area contributed by atoms with Crippen LogP contribution in [0.5, 0.6) is 0 Å². The number of hydrogen-bond donors (Lipinski definition) is 0. The van der Waals surface area contributed by atoms with Crippen LogP contribution in [0.2, 0.25) is 0 Å². The number of nitrogens with zero attached hydrogens (tertiary/aromatic N) is 4. The van der Waals surface area contributed by atoms with E-state index in [0.29, 0.717) is 22.9 Å². The zero-order chi connectivity index (χ0) is 17.3. The highest BCUT2D eigenvalue weighted by Gasteiger charge is 2.21. The van der Waals surface area contributed by atoms with Gasteiger partial charge in [0.15, 0.2) is 5.16 Å². The summed E-state index contributed by atoms with van der Waals surface area (Å²) in [6, 6.07) is 7.35. The fraction of sp³-hybridized carbons (Fsp3) is 0.375. The molecular formula is C16H18N4O3S. The number of para-hydroxylation sites is 1. The van der Waals surface area contributed by atoms with E-state index in [0.717, 1.165) is 11.9 Å². The van der Waals surface area contributed by atoms with Gasteiger partial charge >= 0.3 is 5.97 Å². The van der Waals surface area contributed by atoms with Crippen LogP contribution in [0.3, 0.4) is 0 Å². The molecule has 0 radical (unpaired) electrons. The van der Waals surface area contributed by atoms with E-state index >= 15 is 0 Å². The first kappa shape index (κ1) is 16.5. The van der Waals surface area contributed by atoms with Crippen molar-refractivity contribution in [3.63, 3.8) is 0 Å². The van der Waals surface area contributed by atoms with Gasteiger partial charge in [0.2, 0.25) is 5.78 Å². The Morgan fingerprint density at radius 1 is 1.33 bits per heavy atom. The summed E-state index contributed by atoms with van der Waals surface area (Å²) in [5, 5.41) is 9.12. The molecule has 126 valence electrons. The van der Waals surface area contributed by atoms with E-state index in [1.807, 2.05) is 29.5 Å². The standard InChI is InChI=1S/C16H18N4O3S/c1-4-9-19-13(21)11-7-5-6-8-12(11)20-15(19)17-18-16(20)24-10(2)14(22)23-3/h5-8,10H,4,9H2,1-3H3/t10-/m0/s1. The number of hydrogen-bond acceptors (Lipinski definition) is 6. The molecule has 0 aliphatic rings. The van der Waals surface area contributed by atoms with E-state index in [1.54, 1.807) is 17.6 Å². The van der Waals surface area contributed by atoms with Crippen LogP contribution < -0.4 is 5.56 Å². The predicted octanol–water partition coefficient (Wildman–Crippen LogP) is 2.11. The normalized spacial score (nSPS) is 12.6. The van der Waals surface area contributed by atoms with E-state index in [4.69, 9.17) is 4.74 Å². The Morgan fingerprint density at radius 2 is 2.08 bits per heavy atom. The molecule has 0 unspecified atom stereocenters. The van der Waals surface area contributed by atoms with Crippen molar-refractivity contribution in [2.45, 2.75) is 37.2 Å². The molecule has 0 N–H and O–H groups in total. The van der Waals surface area contributed by atoms with Crippen LogP contribution >= 0.6 is 11.8 Å². The maximum absolute atomic E-state index is 12.7. The van der Waals surface area contributed by atoms with Crippen LogP contribution in [-0.4, -0.2) is 37.5 Å². The molecule has 0 fully saturated rings. The highest BCUT2D eigenvalue weighted by Crippen LogP contribution is 2.25. The third kappa shape index (κ3) is 2.66. The van der Waals surface area contributed by atoms with Gasteiger partial charge in [-0.1, -0.05) is 30.8 Å². The maximum Gasteiger partial charge on any atom is 0.318 e. The molecule has 24 heavy (non-hydrogen) atoms. The lowest BCUT2D eigenvalue weighted by molar-refractivity contribution is -0.139. The molecule has 0 saturated heterocycles. The number of aryl methyl sites for hydroxylation is 1. The fourth-order valence-corrected chi connectivity index (χ4v) is 3.49. The average molecular weight is 346 g/mol. The minimum atomic E-state index is -0.423. The molecule has 0 saturated carbocycles. The lowest BCUT2D eigenvalue weighted by atomic mass is 10.2. The van der Waals surface area contributed by atoms with Crippen LogP contribution in [0.15, 0.2) is 34.2 Å². The molecule has 3 rings (SSSR count). The van der Waals surface area contributed by atoms with Gasteiger partial charge in [0, 0.05) is 6.54 Å². The molecule has 0 aliphatic heterocycles. The van der Waals surface area contributed by atoms with Crippen molar-refractivity contribution in [2.75, 3.05) is 7.11 Å². The molecule has 0 aliphatic carbocycles. The lowest BCUT2D eigenvalue weighted by Gasteiger charge is -2.11. The molecule has 0 spiro atoms. The molecule has 0 amide bonds. The molecule has 7 nitrogen and oxygen atoms in total. The minimum absolute atomic E-state index is 0.0788. The summed E-state index contributed by atoms with van der Waals surface area (Å²) in [4.78, 5) is 24.4.